The molecule has 0 unspecified atom stereocenters. The molecule has 0 bridgehead atoms. The predicted octanol–water partition coefficient (Wildman–Crippen LogP) is 3.90. The second kappa shape index (κ2) is 6.93. The molecule has 2 N–H and O–H groups in total. The first kappa shape index (κ1) is 15.7. The van der Waals surface area contributed by atoms with Gasteiger partial charge in [-0.3, -0.25) is 4.79 Å². The zero-order valence-electron chi connectivity index (χ0n) is 12.0. The molecule has 23 heavy (non-hydrogen) atoms. The van der Waals surface area contributed by atoms with Crippen LogP contribution in [0.3, 0.4) is 0 Å². The van der Waals surface area contributed by atoms with Crippen molar-refractivity contribution in [1.82, 2.24) is 15.3 Å². The number of benzene rings is 1. The number of rotatable bonds is 5. The van der Waals surface area contributed by atoms with Gasteiger partial charge in [0.15, 0.2) is 0 Å². The number of nitrogens with zero attached hydrogens (tertiary/aromatic N) is 1. The molecule has 0 saturated heterocycles. The van der Waals surface area contributed by atoms with Crippen LogP contribution in [0, 0.1) is 5.82 Å². The largest absolute Gasteiger partial charge is 0.351 e. The lowest BCUT2D eigenvalue weighted by atomic mass is 10.2. The number of carbonyl (C=O) groups excluding carboxylic acids is 1. The molecule has 0 aliphatic carbocycles. The third-order valence-electron chi connectivity index (χ3n) is 3.25. The van der Waals surface area contributed by atoms with Gasteiger partial charge in [-0.15, -0.1) is 11.3 Å². The third-order valence-corrected chi connectivity index (χ3v) is 4.47. The molecule has 1 amide bonds. The summed E-state index contributed by atoms with van der Waals surface area (Å²) in [6.45, 7) is 0.334. The topological polar surface area (TPSA) is 57.8 Å². The lowest BCUT2D eigenvalue weighted by Gasteiger charge is -2.06. The summed E-state index contributed by atoms with van der Waals surface area (Å²) in [4.78, 5) is 20.6. The molecule has 4 nitrogen and oxygen atoms in total. The van der Waals surface area contributed by atoms with Crippen LogP contribution in [0.5, 0.6) is 0 Å². The molecule has 1 aromatic carbocycles. The van der Waals surface area contributed by atoms with Crippen LogP contribution in [-0.4, -0.2) is 22.4 Å². The second-order valence-corrected chi connectivity index (χ2v) is 6.18. The van der Waals surface area contributed by atoms with Gasteiger partial charge < -0.3 is 10.3 Å². The molecule has 3 aromatic rings. The highest BCUT2D eigenvalue weighted by molar-refractivity contribution is 7.13. The monoisotopic (exact) mass is 349 g/mol. The predicted molar refractivity (Wildman–Crippen MR) is 89.3 cm³/mol. The fourth-order valence-corrected chi connectivity index (χ4v) is 3.08. The normalized spacial score (nSPS) is 10.7. The number of imidazole rings is 1. The summed E-state index contributed by atoms with van der Waals surface area (Å²) < 4.78 is 13.6. The standard InChI is InChI=1S/C16H13ClFN3OS/c17-10-3-1-4-11(18)15(10)16(22)19-7-6-14-20-9-12(21-14)13-5-2-8-23-13/h1-5,8-9H,6-7H2,(H,19,22)(H,20,21). The zero-order chi connectivity index (χ0) is 16.2. The number of halogens is 2. The van der Waals surface area contributed by atoms with Crippen molar-refractivity contribution in [2.75, 3.05) is 6.54 Å². The summed E-state index contributed by atoms with van der Waals surface area (Å²) in [6, 6.07) is 8.13. The van der Waals surface area contributed by atoms with Crippen LogP contribution in [0.4, 0.5) is 4.39 Å². The van der Waals surface area contributed by atoms with Gasteiger partial charge in [-0.2, -0.15) is 0 Å². The van der Waals surface area contributed by atoms with Crippen LogP contribution in [0.2, 0.25) is 5.02 Å². The molecule has 0 fully saturated rings. The van der Waals surface area contributed by atoms with E-state index >= 15 is 0 Å². The van der Waals surface area contributed by atoms with Gasteiger partial charge in [-0.25, -0.2) is 9.37 Å². The van der Waals surface area contributed by atoms with E-state index in [1.807, 2.05) is 17.5 Å². The number of hydrogen-bond acceptors (Lipinski definition) is 3. The molecule has 118 valence electrons. The second-order valence-electron chi connectivity index (χ2n) is 4.82. The molecule has 3 rings (SSSR count). The number of nitrogens with one attached hydrogen (secondary N) is 2. The van der Waals surface area contributed by atoms with Crippen molar-refractivity contribution in [3.8, 4) is 10.6 Å². The Balaban J connectivity index is 1.58. The van der Waals surface area contributed by atoms with E-state index in [4.69, 9.17) is 11.6 Å². The summed E-state index contributed by atoms with van der Waals surface area (Å²) in [7, 11) is 0. The van der Waals surface area contributed by atoms with Gasteiger partial charge in [0, 0.05) is 13.0 Å². The van der Waals surface area contributed by atoms with E-state index in [1.165, 1.54) is 18.2 Å². The maximum absolute atomic E-state index is 13.6. The Morgan fingerprint density at radius 3 is 2.96 bits per heavy atom. The summed E-state index contributed by atoms with van der Waals surface area (Å²) in [5.41, 5.74) is 0.811. The molecule has 2 heterocycles. The van der Waals surface area contributed by atoms with Crippen LogP contribution >= 0.6 is 22.9 Å². The van der Waals surface area contributed by atoms with E-state index in [0.29, 0.717) is 13.0 Å². The number of hydrogen-bond donors (Lipinski definition) is 2. The Hall–Kier alpha value is -2.18. The molecular weight excluding hydrogens is 337 g/mol. The molecule has 0 atom stereocenters. The van der Waals surface area contributed by atoms with Crippen molar-refractivity contribution < 1.29 is 9.18 Å². The zero-order valence-corrected chi connectivity index (χ0v) is 13.5. The number of H-pyrrole nitrogens is 1. The molecule has 0 spiro atoms. The fourth-order valence-electron chi connectivity index (χ4n) is 2.14. The maximum Gasteiger partial charge on any atom is 0.255 e. The summed E-state index contributed by atoms with van der Waals surface area (Å²) in [5, 5.41) is 4.74. The van der Waals surface area contributed by atoms with Crippen molar-refractivity contribution in [1.29, 1.82) is 0 Å². The van der Waals surface area contributed by atoms with Gasteiger partial charge in [0.25, 0.3) is 5.91 Å². The highest BCUT2D eigenvalue weighted by Gasteiger charge is 2.15. The van der Waals surface area contributed by atoms with Gasteiger partial charge in [-0.1, -0.05) is 23.7 Å². The number of amides is 1. The van der Waals surface area contributed by atoms with E-state index in [-0.39, 0.29) is 10.6 Å². The molecule has 7 heteroatoms. The van der Waals surface area contributed by atoms with Crippen molar-refractivity contribution in [2.24, 2.45) is 0 Å². The Bertz CT molecular complexity index is 796. The van der Waals surface area contributed by atoms with E-state index < -0.39 is 11.7 Å². The van der Waals surface area contributed by atoms with E-state index in [2.05, 4.69) is 15.3 Å². The molecule has 0 aliphatic heterocycles. The average Bonchev–Trinajstić information content (AvgIpc) is 3.18. The quantitative estimate of drug-likeness (QED) is 0.734. The molecule has 0 aliphatic rings. The maximum atomic E-state index is 13.6. The third kappa shape index (κ3) is 3.60. The molecule has 0 saturated carbocycles. The first-order valence-corrected chi connectivity index (χ1v) is 8.21. The van der Waals surface area contributed by atoms with Crippen molar-refractivity contribution >= 4 is 28.8 Å². The molecule has 2 aromatic heterocycles. The van der Waals surface area contributed by atoms with Gasteiger partial charge in [0.05, 0.1) is 27.4 Å². The Labute approximate surface area is 141 Å². The first-order valence-electron chi connectivity index (χ1n) is 6.95. The minimum Gasteiger partial charge on any atom is -0.351 e. The first-order chi connectivity index (χ1) is 11.1. The summed E-state index contributed by atoms with van der Waals surface area (Å²) in [6.07, 6.45) is 2.28. The van der Waals surface area contributed by atoms with Crippen molar-refractivity contribution in [3.05, 3.63) is 64.1 Å². The Morgan fingerprint density at radius 1 is 1.35 bits per heavy atom. The van der Waals surface area contributed by atoms with E-state index in [1.54, 1.807) is 17.5 Å². The fraction of sp³-hybridized carbons (Fsp3) is 0.125. The van der Waals surface area contributed by atoms with Gasteiger partial charge in [-0.05, 0) is 23.6 Å². The van der Waals surface area contributed by atoms with Gasteiger partial charge in [0.1, 0.15) is 11.6 Å². The van der Waals surface area contributed by atoms with Crippen LogP contribution in [-0.2, 0) is 6.42 Å². The highest BCUT2D eigenvalue weighted by atomic mass is 35.5. The number of carbonyl (C=O) groups is 1. The average molecular weight is 350 g/mol. The van der Waals surface area contributed by atoms with Crippen LogP contribution < -0.4 is 5.32 Å². The molecule has 0 radical (unpaired) electrons. The SMILES string of the molecule is O=C(NCCc1ncc(-c2cccs2)[nH]1)c1c(F)cccc1Cl. The van der Waals surface area contributed by atoms with Gasteiger partial charge >= 0.3 is 0 Å². The Kier molecular flexibility index (Phi) is 4.73. The van der Waals surface area contributed by atoms with Crippen LogP contribution in [0.1, 0.15) is 16.2 Å². The van der Waals surface area contributed by atoms with Crippen molar-refractivity contribution in [3.63, 3.8) is 0 Å². The minimum absolute atomic E-state index is 0.0977. The summed E-state index contributed by atoms with van der Waals surface area (Å²) in [5.74, 6) is -0.403. The minimum atomic E-state index is -0.631. The van der Waals surface area contributed by atoms with E-state index in [0.717, 1.165) is 16.4 Å². The van der Waals surface area contributed by atoms with Gasteiger partial charge in [0.2, 0.25) is 0 Å². The lowest BCUT2D eigenvalue weighted by Crippen LogP contribution is -2.27. The van der Waals surface area contributed by atoms with Crippen molar-refractivity contribution in [2.45, 2.75) is 6.42 Å². The van der Waals surface area contributed by atoms with E-state index in [9.17, 15) is 9.18 Å². The van der Waals surface area contributed by atoms with Crippen LogP contribution in [0.15, 0.2) is 41.9 Å². The molecular formula is C16H13ClFN3OS. The number of aromatic nitrogens is 2. The van der Waals surface area contributed by atoms with Crippen LogP contribution in [0.25, 0.3) is 10.6 Å². The summed E-state index contributed by atoms with van der Waals surface area (Å²) >= 11 is 7.48. The number of thiophene rings is 1. The lowest BCUT2D eigenvalue weighted by molar-refractivity contribution is 0.0950. The Morgan fingerprint density at radius 2 is 2.22 bits per heavy atom. The highest BCUT2D eigenvalue weighted by Crippen LogP contribution is 2.22. The smallest absolute Gasteiger partial charge is 0.255 e. The number of aromatic amines is 1.